The minimum atomic E-state index is -3.79. The van der Waals surface area contributed by atoms with Crippen LogP contribution in [0.4, 0.5) is 11.4 Å². The van der Waals surface area contributed by atoms with E-state index in [1.54, 1.807) is 37.3 Å². The number of carbonyl (C=O) groups excluding carboxylic acids is 2. The summed E-state index contributed by atoms with van der Waals surface area (Å²) in [7, 11) is -3.79. The van der Waals surface area contributed by atoms with Crippen LogP contribution >= 0.6 is 11.6 Å². The molecule has 1 atom stereocenters. The molecular weight excluding hydrogens is 404 g/mol. The average Bonchev–Trinajstić information content (AvgIpc) is 2.62. The Bertz CT molecular complexity index is 1040. The standard InChI is InChI=1S/C19H19ClN2O5S/c1-11-7-15-16(27-10-19(24)22-15)9-17(11)28(25,26)12(2)8-18(23)21-14-5-3-13(20)4-6-14/h3-7,9,12H,8,10H2,1-2H3,(H,21,23)(H,22,24)/t12-/m0/s1. The molecule has 1 aliphatic rings. The summed E-state index contributed by atoms with van der Waals surface area (Å²) in [6.45, 7) is 2.95. The Morgan fingerprint density at radius 2 is 1.96 bits per heavy atom. The van der Waals surface area contributed by atoms with E-state index >= 15 is 0 Å². The van der Waals surface area contributed by atoms with E-state index < -0.39 is 21.0 Å². The molecule has 0 spiro atoms. The fourth-order valence-corrected chi connectivity index (χ4v) is 4.56. The van der Waals surface area contributed by atoms with Gasteiger partial charge in [-0.2, -0.15) is 0 Å². The van der Waals surface area contributed by atoms with Crippen LogP contribution in [0.15, 0.2) is 41.3 Å². The summed E-state index contributed by atoms with van der Waals surface area (Å²) < 4.78 is 31.3. The van der Waals surface area contributed by atoms with Gasteiger partial charge in [0.25, 0.3) is 5.91 Å². The molecule has 0 bridgehead atoms. The molecule has 0 saturated heterocycles. The van der Waals surface area contributed by atoms with Crippen LogP contribution in [0.3, 0.4) is 0 Å². The molecule has 0 aromatic heterocycles. The molecule has 1 aliphatic heterocycles. The largest absolute Gasteiger partial charge is 0.482 e. The van der Waals surface area contributed by atoms with Crippen LogP contribution in [0, 0.1) is 6.92 Å². The van der Waals surface area contributed by atoms with E-state index in [1.807, 2.05) is 0 Å². The van der Waals surface area contributed by atoms with Crippen LogP contribution in [0.25, 0.3) is 0 Å². The molecule has 2 aromatic rings. The first kappa shape index (κ1) is 20.2. The van der Waals surface area contributed by atoms with Crippen molar-refractivity contribution in [3.63, 3.8) is 0 Å². The van der Waals surface area contributed by atoms with Gasteiger partial charge in [-0.1, -0.05) is 11.6 Å². The molecule has 2 aromatic carbocycles. The monoisotopic (exact) mass is 422 g/mol. The lowest BCUT2D eigenvalue weighted by Crippen LogP contribution is -2.27. The van der Waals surface area contributed by atoms with Gasteiger partial charge >= 0.3 is 0 Å². The van der Waals surface area contributed by atoms with Gasteiger partial charge in [0.05, 0.1) is 15.8 Å². The fourth-order valence-electron chi connectivity index (χ4n) is 2.86. The molecule has 0 fully saturated rings. The van der Waals surface area contributed by atoms with Crippen LogP contribution in [0.2, 0.25) is 5.02 Å². The smallest absolute Gasteiger partial charge is 0.262 e. The molecule has 0 aliphatic carbocycles. The molecule has 9 heteroatoms. The van der Waals surface area contributed by atoms with Gasteiger partial charge in [-0.25, -0.2) is 8.42 Å². The summed E-state index contributed by atoms with van der Waals surface area (Å²) in [6, 6.07) is 9.49. The van der Waals surface area contributed by atoms with Crippen molar-refractivity contribution in [1.29, 1.82) is 0 Å². The molecule has 28 heavy (non-hydrogen) atoms. The number of benzene rings is 2. The maximum absolute atomic E-state index is 13.0. The second-order valence-electron chi connectivity index (χ2n) is 6.57. The molecule has 7 nitrogen and oxygen atoms in total. The highest BCUT2D eigenvalue weighted by molar-refractivity contribution is 7.92. The Morgan fingerprint density at radius 3 is 2.64 bits per heavy atom. The van der Waals surface area contributed by atoms with Gasteiger partial charge in [0.1, 0.15) is 5.75 Å². The lowest BCUT2D eigenvalue weighted by molar-refractivity contribution is -0.118. The van der Waals surface area contributed by atoms with Crippen LogP contribution in [0.1, 0.15) is 18.9 Å². The Kier molecular flexibility index (Phi) is 5.62. The summed E-state index contributed by atoms with van der Waals surface area (Å²) in [5, 5.41) is 4.89. The zero-order valence-electron chi connectivity index (χ0n) is 15.3. The number of amides is 2. The van der Waals surface area contributed by atoms with Crippen molar-refractivity contribution in [2.24, 2.45) is 0 Å². The lowest BCUT2D eigenvalue weighted by Gasteiger charge is -2.21. The average molecular weight is 423 g/mol. The predicted molar refractivity (Wildman–Crippen MR) is 107 cm³/mol. The minimum Gasteiger partial charge on any atom is -0.482 e. The zero-order valence-corrected chi connectivity index (χ0v) is 16.9. The van der Waals surface area contributed by atoms with Crippen LogP contribution in [-0.4, -0.2) is 32.1 Å². The SMILES string of the molecule is Cc1cc2c(cc1S(=O)(=O)[C@@H](C)CC(=O)Nc1ccc(Cl)cc1)OCC(=O)N2. The third-order valence-corrected chi connectivity index (χ3v) is 6.88. The van der Waals surface area contributed by atoms with Gasteiger partial charge < -0.3 is 15.4 Å². The second-order valence-corrected chi connectivity index (χ2v) is 9.34. The summed E-state index contributed by atoms with van der Waals surface area (Å²) in [6.07, 6.45) is -0.209. The number of aryl methyl sites for hydroxylation is 1. The van der Waals surface area contributed by atoms with Crippen molar-refractivity contribution in [1.82, 2.24) is 0 Å². The summed E-state index contributed by atoms with van der Waals surface area (Å²) in [5.74, 6) is -0.422. The number of ether oxygens (including phenoxy) is 1. The summed E-state index contributed by atoms with van der Waals surface area (Å²) in [4.78, 5) is 23.7. The number of sulfone groups is 1. The Morgan fingerprint density at radius 1 is 1.29 bits per heavy atom. The summed E-state index contributed by atoms with van der Waals surface area (Å²) in [5.41, 5.74) is 1.43. The van der Waals surface area contributed by atoms with Gasteiger partial charge in [0, 0.05) is 23.2 Å². The third kappa shape index (κ3) is 4.28. The number of fused-ring (bicyclic) bond motifs is 1. The molecule has 0 unspecified atom stereocenters. The van der Waals surface area contributed by atoms with Crippen molar-refractivity contribution >= 4 is 44.6 Å². The van der Waals surface area contributed by atoms with Gasteiger partial charge in [0.2, 0.25) is 5.91 Å². The first-order valence-electron chi connectivity index (χ1n) is 8.53. The highest BCUT2D eigenvalue weighted by atomic mass is 35.5. The topological polar surface area (TPSA) is 102 Å². The van der Waals surface area contributed by atoms with E-state index in [1.165, 1.54) is 13.0 Å². The Hall–Kier alpha value is -2.58. The van der Waals surface area contributed by atoms with Gasteiger partial charge in [-0.15, -0.1) is 0 Å². The number of anilines is 2. The Balaban J connectivity index is 1.77. The molecule has 1 heterocycles. The van der Waals surface area contributed by atoms with Crippen molar-refractivity contribution in [2.45, 2.75) is 30.4 Å². The molecule has 3 rings (SSSR count). The lowest BCUT2D eigenvalue weighted by atomic mass is 10.2. The van der Waals surface area contributed by atoms with E-state index in [2.05, 4.69) is 10.6 Å². The highest BCUT2D eigenvalue weighted by Crippen LogP contribution is 2.34. The van der Waals surface area contributed by atoms with E-state index in [-0.39, 0.29) is 23.8 Å². The first-order chi connectivity index (χ1) is 13.2. The fraction of sp³-hybridized carbons (Fsp3) is 0.263. The van der Waals surface area contributed by atoms with Gasteiger partial charge in [-0.3, -0.25) is 9.59 Å². The molecule has 0 radical (unpaired) electrons. The number of hydrogen-bond acceptors (Lipinski definition) is 5. The van der Waals surface area contributed by atoms with Gasteiger partial charge in [0.15, 0.2) is 16.4 Å². The number of nitrogens with one attached hydrogen (secondary N) is 2. The van der Waals surface area contributed by atoms with Crippen LogP contribution in [0.5, 0.6) is 5.75 Å². The highest BCUT2D eigenvalue weighted by Gasteiger charge is 2.29. The second kappa shape index (κ2) is 7.81. The molecule has 148 valence electrons. The minimum absolute atomic E-state index is 0.0780. The Labute approximate surface area is 168 Å². The number of hydrogen-bond donors (Lipinski definition) is 2. The van der Waals surface area contributed by atoms with E-state index in [9.17, 15) is 18.0 Å². The predicted octanol–water partition coefficient (Wildman–Crippen LogP) is 3.17. The van der Waals surface area contributed by atoms with E-state index in [0.29, 0.717) is 27.7 Å². The quantitative estimate of drug-likeness (QED) is 0.770. The van der Waals surface area contributed by atoms with Crippen molar-refractivity contribution in [3.8, 4) is 5.75 Å². The van der Waals surface area contributed by atoms with Crippen LogP contribution < -0.4 is 15.4 Å². The molecule has 2 N–H and O–H groups in total. The maximum atomic E-state index is 13.0. The van der Waals surface area contributed by atoms with Crippen LogP contribution in [-0.2, 0) is 19.4 Å². The van der Waals surface area contributed by atoms with Gasteiger partial charge in [-0.05, 0) is 49.7 Å². The third-order valence-electron chi connectivity index (χ3n) is 4.35. The number of rotatable bonds is 5. The van der Waals surface area contributed by atoms with Crippen molar-refractivity contribution < 1.29 is 22.7 Å². The molecule has 0 saturated carbocycles. The van der Waals surface area contributed by atoms with E-state index in [0.717, 1.165) is 0 Å². The molecular formula is C19H19ClN2O5S. The van der Waals surface area contributed by atoms with Crippen molar-refractivity contribution in [2.75, 3.05) is 17.2 Å². The normalized spacial score (nSPS) is 14.5. The maximum Gasteiger partial charge on any atom is 0.262 e. The summed E-state index contributed by atoms with van der Waals surface area (Å²) >= 11 is 5.81. The molecule has 2 amide bonds. The first-order valence-corrected chi connectivity index (χ1v) is 10.5. The number of halogens is 1. The zero-order chi connectivity index (χ0) is 20.5. The van der Waals surface area contributed by atoms with Crippen molar-refractivity contribution in [3.05, 3.63) is 47.0 Å². The van der Waals surface area contributed by atoms with E-state index in [4.69, 9.17) is 16.3 Å². The number of carbonyl (C=O) groups is 2.